The van der Waals surface area contributed by atoms with Gasteiger partial charge in [0, 0.05) is 18.8 Å². The van der Waals surface area contributed by atoms with Gasteiger partial charge in [0.1, 0.15) is 0 Å². The Morgan fingerprint density at radius 3 is 2.33 bits per heavy atom. The van der Waals surface area contributed by atoms with Gasteiger partial charge in [-0.25, -0.2) is 0 Å². The molecule has 1 aromatic heterocycles. The minimum atomic E-state index is -0.349. The molecule has 86 valence electrons. The van der Waals surface area contributed by atoms with E-state index in [2.05, 4.69) is 18.9 Å². The van der Waals surface area contributed by atoms with E-state index < -0.39 is 0 Å². The third-order valence-electron chi connectivity index (χ3n) is 2.83. The highest BCUT2D eigenvalue weighted by molar-refractivity contribution is 5.08. The molecule has 0 aliphatic carbocycles. The Bertz CT molecular complexity index is 277. The molecule has 1 aromatic rings. The van der Waals surface area contributed by atoms with Crippen molar-refractivity contribution in [1.29, 1.82) is 0 Å². The van der Waals surface area contributed by atoms with Crippen LogP contribution in [0.1, 0.15) is 51.2 Å². The number of aliphatic hydroxyl groups excluding tert-OH is 1. The first-order chi connectivity index (χ1) is 7.19. The van der Waals surface area contributed by atoms with E-state index in [1.165, 1.54) is 0 Å². The van der Waals surface area contributed by atoms with Crippen molar-refractivity contribution < 1.29 is 5.11 Å². The Balaban J connectivity index is 2.66. The first-order valence-corrected chi connectivity index (χ1v) is 5.85. The smallest absolute Gasteiger partial charge is 0.0848 e. The predicted octanol–water partition coefficient (Wildman–Crippen LogP) is 2.67. The molecule has 1 heterocycles. The van der Waals surface area contributed by atoms with E-state index in [1.54, 1.807) is 10.9 Å². The lowest BCUT2D eigenvalue weighted by molar-refractivity contribution is 0.0964. The molecule has 0 amide bonds. The van der Waals surface area contributed by atoms with Crippen LogP contribution in [0.5, 0.6) is 0 Å². The molecule has 1 atom stereocenters. The zero-order chi connectivity index (χ0) is 11.3. The fourth-order valence-corrected chi connectivity index (χ4v) is 2.07. The van der Waals surface area contributed by atoms with E-state index in [4.69, 9.17) is 0 Å². The summed E-state index contributed by atoms with van der Waals surface area (Å²) in [5, 5.41) is 14.3. The van der Waals surface area contributed by atoms with Gasteiger partial charge in [-0.15, -0.1) is 0 Å². The van der Waals surface area contributed by atoms with Gasteiger partial charge in [0.05, 0.1) is 12.3 Å². The van der Waals surface area contributed by atoms with Gasteiger partial charge in [-0.1, -0.05) is 26.7 Å². The molecule has 1 unspecified atom stereocenters. The van der Waals surface area contributed by atoms with Gasteiger partial charge in [0.2, 0.25) is 0 Å². The fraction of sp³-hybridized carbons (Fsp3) is 0.750. The molecule has 15 heavy (non-hydrogen) atoms. The van der Waals surface area contributed by atoms with Crippen LogP contribution in [-0.2, 0) is 7.05 Å². The molecular weight excluding hydrogens is 188 g/mol. The van der Waals surface area contributed by atoms with Crippen LogP contribution in [0.4, 0.5) is 0 Å². The Morgan fingerprint density at radius 1 is 1.33 bits per heavy atom. The molecule has 0 saturated carbocycles. The van der Waals surface area contributed by atoms with E-state index in [9.17, 15) is 5.11 Å². The summed E-state index contributed by atoms with van der Waals surface area (Å²) in [7, 11) is 1.88. The lowest BCUT2D eigenvalue weighted by atomic mass is 9.89. The molecule has 3 nitrogen and oxygen atoms in total. The Kier molecular flexibility index (Phi) is 4.82. The number of aryl methyl sites for hydroxylation is 1. The largest absolute Gasteiger partial charge is 0.388 e. The van der Waals surface area contributed by atoms with Gasteiger partial charge < -0.3 is 5.11 Å². The monoisotopic (exact) mass is 210 g/mol. The maximum atomic E-state index is 10.2. The number of nitrogens with zero attached hydrogens (tertiary/aromatic N) is 2. The molecule has 0 bridgehead atoms. The Hall–Kier alpha value is -0.830. The van der Waals surface area contributed by atoms with Crippen LogP contribution in [0.25, 0.3) is 0 Å². The van der Waals surface area contributed by atoms with E-state index in [1.807, 2.05) is 13.2 Å². The van der Waals surface area contributed by atoms with Crippen LogP contribution in [0.15, 0.2) is 12.4 Å². The van der Waals surface area contributed by atoms with Crippen LogP contribution in [-0.4, -0.2) is 14.9 Å². The summed E-state index contributed by atoms with van der Waals surface area (Å²) in [6.07, 6.45) is 7.75. The van der Waals surface area contributed by atoms with Gasteiger partial charge in [-0.05, 0) is 18.8 Å². The van der Waals surface area contributed by atoms with Crippen molar-refractivity contribution in [3.8, 4) is 0 Å². The number of hydrogen-bond donors (Lipinski definition) is 1. The van der Waals surface area contributed by atoms with Crippen LogP contribution in [0.2, 0.25) is 0 Å². The van der Waals surface area contributed by atoms with Gasteiger partial charge >= 0.3 is 0 Å². The van der Waals surface area contributed by atoms with Crippen LogP contribution in [0, 0.1) is 5.92 Å². The average molecular weight is 210 g/mol. The fourth-order valence-electron chi connectivity index (χ4n) is 2.07. The van der Waals surface area contributed by atoms with Gasteiger partial charge in [0.15, 0.2) is 0 Å². The van der Waals surface area contributed by atoms with E-state index in [0.717, 1.165) is 31.2 Å². The minimum Gasteiger partial charge on any atom is -0.388 e. The first-order valence-electron chi connectivity index (χ1n) is 5.85. The highest BCUT2D eigenvalue weighted by Crippen LogP contribution is 2.28. The molecule has 0 aromatic carbocycles. The molecule has 1 rings (SSSR count). The molecule has 0 radical (unpaired) electrons. The molecule has 0 aliphatic heterocycles. The maximum Gasteiger partial charge on any atom is 0.0848 e. The second kappa shape index (κ2) is 5.91. The number of aromatic nitrogens is 2. The molecule has 0 aliphatic rings. The quantitative estimate of drug-likeness (QED) is 0.784. The summed E-state index contributed by atoms with van der Waals surface area (Å²) < 4.78 is 1.74. The SMILES string of the molecule is CCCC(CCC)C(O)c1cnn(C)c1. The van der Waals surface area contributed by atoms with Crippen LogP contribution in [0.3, 0.4) is 0 Å². The van der Waals surface area contributed by atoms with Crippen molar-refractivity contribution in [1.82, 2.24) is 9.78 Å². The predicted molar refractivity (Wildman–Crippen MR) is 61.5 cm³/mol. The maximum absolute atomic E-state index is 10.2. The van der Waals surface area contributed by atoms with Crippen LogP contribution >= 0.6 is 0 Å². The number of hydrogen-bond acceptors (Lipinski definition) is 2. The summed E-state index contributed by atoms with van der Waals surface area (Å²) in [5.41, 5.74) is 0.949. The van der Waals surface area contributed by atoms with Crippen molar-refractivity contribution in [3.05, 3.63) is 18.0 Å². The molecular formula is C12H22N2O. The molecule has 0 spiro atoms. The Labute approximate surface area is 92.1 Å². The molecule has 1 N–H and O–H groups in total. The second-order valence-corrected chi connectivity index (χ2v) is 4.23. The van der Waals surface area contributed by atoms with E-state index >= 15 is 0 Å². The summed E-state index contributed by atoms with van der Waals surface area (Å²) in [5.74, 6) is 0.379. The number of rotatable bonds is 6. The lowest BCUT2D eigenvalue weighted by Crippen LogP contribution is -2.12. The highest BCUT2D eigenvalue weighted by Gasteiger charge is 2.20. The van der Waals surface area contributed by atoms with Crippen molar-refractivity contribution >= 4 is 0 Å². The minimum absolute atomic E-state index is 0.349. The van der Waals surface area contributed by atoms with Gasteiger partial charge in [-0.2, -0.15) is 5.10 Å². The summed E-state index contributed by atoms with van der Waals surface area (Å²) in [6.45, 7) is 4.33. The zero-order valence-electron chi connectivity index (χ0n) is 9.98. The third-order valence-corrected chi connectivity index (χ3v) is 2.83. The topological polar surface area (TPSA) is 38.1 Å². The summed E-state index contributed by atoms with van der Waals surface area (Å²) >= 11 is 0. The van der Waals surface area contributed by atoms with E-state index in [0.29, 0.717) is 5.92 Å². The van der Waals surface area contributed by atoms with Crippen molar-refractivity contribution in [2.45, 2.75) is 45.6 Å². The van der Waals surface area contributed by atoms with Gasteiger partial charge in [-0.3, -0.25) is 4.68 Å². The van der Waals surface area contributed by atoms with Crippen molar-refractivity contribution in [3.63, 3.8) is 0 Å². The van der Waals surface area contributed by atoms with Crippen LogP contribution < -0.4 is 0 Å². The third kappa shape index (κ3) is 3.34. The van der Waals surface area contributed by atoms with Gasteiger partial charge in [0.25, 0.3) is 0 Å². The average Bonchev–Trinajstić information content (AvgIpc) is 2.63. The summed E-state index contributed by atoms with van der Waals surface area (Å²) in [6, 6.07) is 0. The summed E-state index contributed by atoms with van der Waals surface area (Å²) in [4.78, 5) is 0. The Morgan fingerprint density at radius 2 is 1.93 bits per heavy atom. The molecule has 3 heteroatoms. The number of aliphatic hydroxyl groups is 1. The first kappa shape index (κ1) is 12.2. The molecule has 0 saturated heterocycles. The highest BCUT2D eigenvalue weighted by atomic mass is 16.3. The zero-order valence-corrected chi connectivity index (χ0v) is 9.98. The van der Waals surface area contributed by atoms with E-state index in [-0.39, 0.29) is 6.10 Å². The normalized spacial score (nSPS) is 13.4. The van der Waals surface area contributed by atoms with Crippen molar-refractivity contribution in [2.24, 2.45) is 13.0 Å². The second-order valence-electron chi connectivity index (χ2n) is 4.23. The molecule has 0 fully saturated rings. The lowest BCUT2D eigenvalue weighted by Gasteiger charge is -2.20. The van der Waals surface area contributed by atoms with Crippen molar-refractivity contribution in [2.75, 3.05) is 0 Å². The standard InChI is InChI=1S/C12H22N2O/c1-4-6-10(7-5-2)12(15)11-8-13-14(3)9-11/h8-10,12,15H,4-7H2,1-3H3.